The van der Waals surface area contributed by atoms with Crippen LogP contribution in [-0.2, 0) is 12.8 Å². The molecule has 5 atom stereocenters. The highest BCUT2D eigenvalue weighted by Crippen LogP contribution is 2.60. The predicted molar refractivity (Wildman–Crippen MR) is 272 cm³/mol. The van der Waals surface area contributed by atoms with Crippen molar-refractivity contribution in [3.63, 3.8) is 0 Å². The number of rotatable bonds is 8. The van der Waals surface area contributed by atoms with E-state index in [0.29, 0.717) is 65.1 Å². The van der Waals surface area contributed by atoms with Gasteiger partial charge < -0.3 is 44.8 Å². The molecule has 2 aliphatic carbocycles. The molecule has 2 fully saturated rings. The van der Waals surface area contributed by atoms with Crippen molar-refractivity contribution >= 4 is 0 Å². The summed E-state index contributed by atoms with van der Waals surface area (Å²) in [5.41, 5.74) is 13.2. The molecule has 5 aliphatic rings. The lowest BCUT2D eigenvalue weighted by Crippen LogP contribution is -2.21. The van der Waals surface area contributed by atoms with Gasteiger partial charge in [0.2, 0.25) is 0 Å². The first-order valence-corrected chi connectivity index (χ1v) is 25.6. The van der Waals surface area contributed by atoms with Crippen LogP contribution in [-0.4, -0.2) is 30.6 Å². The zero-order chi connectivity index (χ0) is 49.2. The van der Waals surface area contributed by atoms with Crippen molar-refractivity contribution in [2.45, 2.75) is 137 Å². The van der Waals surface area contributed by atoms with Gasteiger partial charge in [0.25, 0.3) is 0 Å². The molecule has 0 spiro atoms. The fraction of sp³-hybridized carbons (Fsp3) is 0.410. The highest BCUT2D eigenvalue weighted by molar-refractivity contribution is 5.68. The predicted octanol–water partition coefficient (Wildman–Crippen LogP) is 14.9. The van der Waals surface area contributed by atoms with Crippen LogP contribution in [0.3, 0.4) is 0 Å². The van der Waals surface area contributed by atoms with Gasteiger partial charge >= 0.3 is 0 Å². The van der Waals surface area contributed by atoms with E-state index in [-0.39, 0.29) is 70.0 Å². The lowest BCUT2D eigenvalue weighted by atomic mass is 9.74. The van der Waals surface area contributed by atoms with Crippen molar-refractivity contribution in [1.29, 1.82) is 0 Å². The van der Waals surface area contributed by atoms with Crippen LogP contribution in [0.15, 0.2) is 54.6 Å². The van der Waals surface area contributed by atoms with Gasteiger partial charge in [0.15, 0.2) is 0 Å². The van der Waals surface area contributed by atoms with E-state index in [1.807, 2.05) is 66.7 Å². The number of ether oxygens (including phenoxy) is 3. The molecular weight excluding hydrogens is 877 g/mol. The summed E-state index contributed by atoms with van der Waals surface area (Å²) < 4.78 is 20.2. The summed E-state index contributed by atoms with van der Waals surface area (Å²) in [6.45, 7) is 15.6. The Morgan fingerprint density at radius 2 is 1.00 bits per heavy atom. The number of aryl methyl sites for hydroxylation is 5. The van der Waals surface area contributed by atoms with E-state index in [2.05, 4.69) is 31.2 Å². The molecule has 3 aliphatic heterocycles. The second kappa shape index (κ2) is 17.1. The third-order valence-electron chi connectivity index (χ3n) is 17.4. The zero-order valence-corrected chi connectivity index (χ0v) is 41.7. The summed E-state index contributed by atoms with van der Waals surface area (Å²) in [5, 5.41) is 67.8. The van der Waals surface area contributed by atoms with Gasteiger partial charge in [-0.1, -0.05) is 25.8 Å². The summed E-state index contributed by atoms with van der Waals surface area (Å²) in [6.07, 6.45) is 9.33. The Morgan fingerprint density at radius 1 is 0.486 bits per heavy atom. The topological polar surface area (TPSA) is 149 Å². The van der Waals surface area contributed by atoms with Gasteiger partial charge in [0.1, 0.15) is 69.0 Å². The number of fused-ring (bicyclic) bond motifs is 6. The van der Waals surface area contributed by atoms with Crippen molar-refractivity contribution in [2.24, 2.45) is 23.7 Å². The molecule has 11 rings (SSSR count). The molecule has 3 heterocycles. The summed E-state index contributed by atoms with van der Waals surface area (Å²) in [5.74, 6) is 6.03. The van der Waals surface area contributed by atoms with Crippen LogP contribution in [0.4, 0.5) is 0 Å². The third kappa shape index (κ3) is 7.31. The average molecular weight is 943 g/mol. The SMILES string of the molecule is Cc1cc2c(cc1O)Oc1c(ccc(O)c1CC1CCC(C3c4cc(C)c(O)cc4Oc4c3cc(C)c(O)c4CCC(C)C3c4cc(C)c(O)c(C)c4Oc4c3cc(C)c(O)c4C)C1)C2C1CCCC1. The molecule has 0 bridgehead atoms. The molecule has 0 aromatic heterocycles. The lowest BCUT2D eigenvalue weighted by Gasteiger charge is -2.36. The van der Waals surface area contributed by atoms with E-state index in [9.17, 15) is 30.6 Å². The molecule has 9 nitrogen and oxygen atoms in total. The van der Waals surface area contributed by atoms with Crippen molar-refractivity contribution in [2.75, 3.05) is 0 Å². The van der Waals surface area contributed by atoms with Gasteiger partial charge in [-0.25, -0.2) is 0 Å². The van der Waals surface area contributed by atoms with Crippen LogP contribution in [0.5, 0.6) is 69.0 Å². The van der Waals surface area contributed by atoms with E-state index >= 15 is 0 Å². The first kappa shape index (κ1) is 45.9. The summed E-state index contributed by atoms with van der Waals surface area (Å²) in [4.78, 5) is 0. The maximum absolute atomic E-state index is 12.0. The number of aromatic hydroxyl groups is 6. The molecule has 9 heteroatoms. The van der Waals surface area contributed by atoms with E-state index < -0.39 is 0 Å². The molecule has 0 radical (unpaired) electrons. The standard InChI is InChI=1S/C61H66O9/c1-28(52-44-21-31(4)55(65)34(7)58(44)70-59-35(8)56(66)32(5)22-45(52)59)13-16-40-57(67)33(6)23-46-54(43-20-30(3)49(64)27-51(43)69-61(40)46)38-15-14-36(24-38)25-41-47(62)18-17-39-53(37-11-9-10-12-37)42-19-29(2)48(63)26-50(42)68-60(39)41/h17-23,26-28,36-38,52-54,62-67H,9-16,24-25H2,1-8H3. The number of hydrogen-bond acceptors (Lipinski definition) is 9. The summed E-state index contributed by atoms with van der Waals surface area (Å²) in [6, 6.07) is 17.7. The average Bonchev–Trinajstić information content (AvgIpc) is 4.04. The van der Waals surface area contributed by atoms with Crippen LogP contribution < -0.4 is 14.2 Å². The zero-order valence-electron chi connectivity index (χ0n) is 41.7. The highest BCUT2D eigenvalue weighted by atomic mass is 16.5. The second-order valence-electron chi connectivity index (χ2n) is 21.9. The Bertz CT molecular complexity index is 3080. The number of phenolic OH excluding ortho intramolecular Hbond substituents is 6. The van der Waals surface area contributed by atoms with Crippen molar-refractivity contribution in [1.82, 2.24) is 0 Å². The number of phenols is 6. The lowest BCUT2D eigenvalue weighted by molar-refractivity contribution is 0.364. The second-order valence-corrected chi connectivity index (χ2v) is 21.9. The van der Waals surface area contributed by atoms with Gasteiger partial charge in [0.05, 0.1) is 0 Å². The van der Waals surface area contributed by atoms with Crippen molar-refractivity contribution < 1.29 is 44.8 Å². The van der Waals surface area contributed by atoms with Crippen molar-refractivity contribution in [3.05, 3.63) is 138 Å². The molecule has 364 valence electrons. The van der Waals surface area contributed by atoms with Crippen LogP contribution >= 0.6 is 0 Å². The molecule has 2 saturated carbocycles. The molecule has 6 N–H and O–H groups in total. The Kier molecular flexibility index (Phi) is 11.2. The molecule has 6 aromatic rings. The Labute approximate surface area is 411 Å². The summed E-state index contributed by atoms with van der Waals surface area (Å²) in [7, 11) is 0. The summed E-state index contributed by atoms with van der Waals surface area (Å²) >= 11 is 0. The molecule has 5 unspecified atom stereocenters. The smallest absolute Gasteiger partial charge is 0.138 e. The molecule has 0 amide bonds. The molecule has 6 aromatic carbocycles. The van der Waals surface area contributed by atoms with Crippen molar-refractivity contribution in [3.8, 4) is 69.0 Å². The maximum Gasteiger partial charge on any atom is 0.138 e. The largest absolute Gasteiger partial charge is 0.508 e. The van der Waals surface area contributed by atoms with E-state index in [4.69, 9.17) is 14.2 Å². The first-order valence-electron chi connectivity index (χ1n) is 25.6. The molecule has 70 heavy (non-hydrogen) atoms. The fourth-order valence-corrected chi connectivity index (χ4v) is 13.6. The molecule has 0 saturated heterocycles. The van der Waals surface area contributed by atoms with E-state index in [1.54, 1.807) is 12.1 Å². The normalized spacial score (nSPS) is 20.6. The van der Waals surface area contributed by atoms with Gasteiger partial charge in [-0.15, -0.1) is 0 Å². The number of hydrogen-bond donors (Lipinski definition) is 6. The fourth-order valence-electron chi connectivity index (χ4n) is 13.6. The van der Waals surface area contributed by atoms with Gasteiger partial charge in [-0.3, -0.25) is 0 Å². The minimum Gasteiger partial charge on any atom is -0.508 e. The van der Waals surface area contributed by atoms with Crippen LogP contribution in [0.2, 0.25) is 0 Å². The first-order chi connectivity index (χ1) is 33.5. The van der Waals surface area contributed by atoms with Gasteiger partial charge in [0, 0.05) is 85.5 Å². The quantitative estimate of drug-likeness (QED) is 0.0877. The minimum atomic E-state index is -0.123. The van der Waals surface area contributed by atoms with Crippen LogP contribution in [0.1, 0.15) is 159 Å². The number of benzene rings is 6. The van der Waals surface area contributed by atoms with Gasteiger partial charge in [-0.2, -0.15) is 0 Å². The molecular formula is C61H66O9. The van der Waals surface area contributed by atoms with Crippen LogP contribution in [0, 0.1) is 72.1 Å². The van der Waals surface area contributed by atoms with E-state index in [0.717, 1.165) is 110 Å². The van der Waals surface area contributed by atoms with Crippen LogP contribution in [0.25, 0.3) is 0 Å². The highest BCUT2D eigenvalue weighted by Gasteiger charge is 2.43. The third-order valence-corrected chi connectivity index (χ3v) is 17.4. The minimum absolute atomic E-state index is 0.0264. The van der Waals surface area contributed by atoms with Gasteiger partial charge in [-0.05, 0) is 188 Å². The maximum atomic E-state index is 12.0. The van der Waals surface area contributed by atoms with E-state index in [1.165, 1.54) is 12.8 Å². The monoisotopic (exact) mass is 942 g/mol. The Balaban J connectivity index is 0.927. The Hall–Kier alpha value is -6.48. The Morgan fingerprint density at radius 3 is 1.59 bits per heavy atom.